The number of hydrogen-bond donors (Lipinski definition) is 1. The van der Waals surface area contributed by atoms with Gasteiger partial charge < -0.3 is 10.2 Å². The van der Waals surface area contributed by atoms with Gasteiger partial charge in [0, 0.05) is 50.9 Å². The Hall–Kier alpha value is -1.10. The monoisotopic (exact) mass is 323 g/mol. The molecule has 5 heteroatoms. The van der Waals surface area contributed by atoms with E-state index in [9.17, 15) is 4.79 Å². The lowest BCUT2D eigenvalue weighted by Crippen LogP contribution is -2.49. The van der Waals surface area contributed by atoms with Gasteiger partial charge in [0.1, 0.15) is 0 Å². The Morgan fingerprint density at radius 1 is 1.18 bits per heavy atom. The van der Waals surface area contributed by atoms with Crippen molar-refractivity contribution in [3.05, 3.63) is 34.9 Å². The molecule has 0 bridgehead atoms. The minimum atomic E-state index is 0. The summed E-state index contributed by atoms with van der Waals surface area (Å²) in [6, 6.07) is 6.56. The summed E-state index contributed by atoms with van der Waals surface area (Å²) in [5.41, 5.74) is 3.18. The largest absolute Gasteiger partial charge is 0.337 e. The van der Waals surface area contributed by atoms with Gasteiger partial charge in [-0.1, -0.05) is 12.1 Å². The summed E-state index contributed by atoms with van der Waals surface area (Å²) in [7, 11) is 0. The highest BCUT2D eigenvalue weighted by Gasteiger charge is 2.31. The molecule has 22 heavy (non-hydrogen) atoms. The Morgan fingerprint density at radius 3 is 2.64 bits per heavy atom. The molecule has 2 fully saturated rings. The number of hydrogen-bond acceptors (Lipinski definition) is 3. The fourth-order valence-corrected chi connectivity index (χ4v) is 3.42. The van der Waals surface area contributed by atoms with E-state index in [0.717, 1.165) is 56.8 Å². The average molecular weight is 324 g/mol. The number of carbonyl (C=O) groups excluding carboxylic acids is 1. The lowest BCUT2D eigenvalue weighted by molar-refractivity contribution is 0.0772. The summed E-state index contributed by atoms with van der Waals surface area (Å²) < 4.78 is 0. The molecule has 1 amide bonds. The Labute approximate surface area is 139 Å². The topological polar surface area (TPSA) is 35.6 Å². The van der Waals surface area contributed by atoms with Crippen molar-refractivity contribution in [2.24, 2.45) is 0 Å². The van der Waals surface area contributed by atoms with Crippen LogP contribution in [0, 0.1) is 13.8 Å². The van der Waals surface area contributed by atoms with E-state index < -0.39 is 0 Å². The molecule has 1 atom stereocenters. The summed E-state index contributed by atoms with van der Waals surface area (Å²) in [6.45, 7) is 10.2. The van der Waals surface area contributed by atoms with Gasteiger partial charge in [-0.05, 0) is 37.5 Å². The SMILES string of the molecule is Cc1cccc(C(=O)N2CCC(N3CCNCC3)C2)c1C.Cl. The van der Waals surface area contributed by atoms with Crippen LogP contribution >= 0.6 is 12.4 Å². The van der Waals surface area contributed by atoms with Crippen molar-refractivity contribution in [1.82, 2.24) is 15.1 Å². The maximum atomic E-state index is 12.7. The molecular weight excluding hydrogens is 298 g/mol. The molecule has 0 aliphatic carbocycles. The second-order valence-corrected chi connectivity index (χ2v) is 6.23. The molecule has 0 spiro atoms. The fourth-order valence-electron chi connectivity index (χ4n) is 3.42. The van der Waals surface area contributed by atoms with Gasteiger partial charge in [-0.2, -0.15) is 0 Å². The average Bonchev–Trinajstić information content (AvgIpc) is 3.00. The highest BCUT2D eigenvalue weighted by molar-refractivity contribution is 5.96. The van der Waals surface area contributed by atoms with Gasteiger partial charge in [0.05, 0.1) is 0 Å². The zero-order valence-electron chi connectivity index (χ0n) is 13.5. The molecule has 1 aromatic rings. The van der Waals surface area contributed by atoms with Crippen molar-refractivity contribution in [1.29, 1.82) is 0 Å². The van der Waals surface area contributed by atoms with Crippen LogP contribution in [0.1, 0.15) is 27.9 Å². The van der Waals surface area contributed by atoms with Gasteiger partial charge in [-0.25, -0.2) is 0 Å². The summed E-state index contributed by atoms with van der Waals surface area (Å²) in [5, 5.41) is 3.39. The van der Waals surface area contributed by atoms with Crippen LogP contribution < -0.4 is 5.32 Å². The van der Waals surface area contributed by atoms with Crippen LogP contribution in [0.15, 0.2) is 18.2 Å². The Kier molecular flexibility index (Phi) is 5.84. The molecule has 3 rings (SSSR count). The molecule has 0 saturated carbocycles. The van der Waals surface area contributed by atoms with Gasteiger partial charge in [-0.3, -0.25) is 9.69 Å². The van der Waals surface area contributed by atoms with E-state index in [-0.39, 0.29) is 18.3 Å². The highest BCUT2D eigenvalue weighted by Crippen LogP contribution is 2.21. The van der Waals surface area contributed by atoms with Crippen molar-refractivity contribution in [3.63, 3.8) is 0 Å². The predicted molar refractivity (Wildman–Crippen MR) is 91.9 cm³/mol. The van der Waals surface area contributed by atoms with E-state index in [1.165, 1.54) is 5.56 Å². The number of carbonyl (C=O) groups is 1. The number of nitrogens with zero attached hydrogens (tertiary/aromatic N) is 2. The second-order valence-electron chi connectivity index (χ2n) is 6.23. The van der Waals surface area contributed by atoms with Crippen LogP contribution in [-0.2, 0) is 0 Å². The number of halogens is 1. The van der Waals surface area contributed by atoms with Crippen molar-refractivity contribution in [2.75, 3.05) is 39.3 Å². The number of benzene rings is 1. The number of nitrogens with one attached hydrogen (secondary N) is 1. The maximum absolute atomic E-state index is 12.7. The number of aryl methyl sites for hydroxylation is 1. The molecule has 1 aromatic carbocycles. The van der Waals surface area contributed by atoms with Crippen LogP contribution in [0.5, 0.6) is 0 Å². The first-order chi connectivity index (χ1) is 10.2. The number of piperazine rings is 1. The minimum absolute atomic E-state index is 0. The van der Waals surface area contributed by atoms with E-state index in [2.05, 4.69) is 23.2 Å². The van der Waals surface area contributed by atoms with Crippen molar-refractivity contribution in [2.45, 2.75) is 26.3 Å². The number of rotatable bonds is 2. The maximum Gasteiger partial charge on any atom is 0.254 e. The molecule has 2 saturated heterocycles. The Morgan fingerprint density at radius 2 is 1.91 bits per heavy atom. The molecule has 0 aromatic heterocycles. The lowest BCUT2D eigenvalue weighted by atomic mass is 10.0. The first-order valence-corrected chi connectivity index (χ1v) is 7.97. The third-order valence-corrected chi connectivity index (χ3v) is 4.95. The van der Waals surface area contributed by atoms with E-state index in [0.29, 0.717) is 6.04 Å². The molecule has 2 aliphatic rings. The highest BCUT2D eigenvalue weighted by atomic mass is 35.5. The zero-order chi connectivity index (χ0) is 14.8. The van der Waals surface area contributed by atoms with Crippen molar-refractivity contribution in [3.8, 4) is 0 Å². The summed E-state index contributed by atoms with van der Waals surface area (Å²) in [5.74, 6) is 0.203. The van der Waals surface area contributed by atoms with Gasteiger partial charge >= 0.3 is 0 Å². The van der Waals surface area contributed by atoms with Crippen LogP contribution in [0.4, 0.5) is 0 Å². The standard InChI is InChI=1S/C17H25N3O.ClH/c1-13-4-3-5-16(14(13)2)17(21)20-9-6-15(12-20)19-10-7-18-8-11-19;/h3-5,15,18H,6-12H2,1-2H3;1H. The van der Waals surface area contributed by atoms with E-state index in [1.54, 1.807) is 0 Å². The van der Waals surface area contributed by atoms with Crippen LogP contribution in [0.2, 0.25) is 0 Å². The first kappa shape index (κ1) is 17.3. The first-order valence-electron chi connectivity index (χ1n) is 7.97. The van der Waals surface area contributed by atoms with Gasteiger partial charge in [0.15, 0.2) is 0 Å². The molecule has 2 heterocycles. The molecule has 2 aliphatic heterocycles. The molecule has 1 N–H and O–H groups in total. The molecule has 122 valence electrons. The van der Waals surface area contributed by atoms with Crippen LogP contribution in [0.3, 0.4) is 0 Å². The third-order valence-electron chi connectivity index (χ3n) is 4.95. The molecule has 4 nitrogen and oxygen atoms in total. The summed E-state index contributed by atoms with van der Waals surface area (Å²) >= 11 is 0. The number of amides is 1. The third kappa shape index (κ3) is 3.45. The van der Waals surface area contributed by atoms with Gasteiger partial charge in [0.2, 0.25) is 0 Å². The van der Waals surface area contributed by atoms with Gasteiger partial charge in [-0.15, -0.1) is 12.4 Å². The van der Waals surface area contributed by atoms with Crippen molar-refractivity contribution >= 4 is 18.3 Å². The van der Waals surface area contributed by atoms with E-state index >= 15 is 0 Å². The smallest absolute Gasteiger partial charge is 0.254 e. The number of likely N-dealkylation sites (tertiary alicyclic amines) is 1. The summed E-state index contributed by atoms with van der Waals surface area (Å²) in [4.78, 5) is 17.3. The predicted octanol–water partition coefficient (Wildman–Crippen LogP) is 1.84. The summed E-state index contributed by atoms with van der Waals surface area (Å²) in [6.07, 6.45) is 1.11. The Bertz CT molecular complexity index is 529. The fraction of sp³-hybridized carbons (Fsp3) is 0.588. The Balaban J connectivity index is 0.00000176. The molecule has 0 radical (unpaired) electrons. The molecular formula is C17H26ClN3O. The van der Waals surface area contributed by atoms with E-state index in [1.807, 2.05) is 24.0 Å². The van der Waals surface area contributed by atoms with Crippen LogP contribution in [0.25, 0.3) is 0 Å². The van der Waals surface area contributed by atoms with Crippen molar-refractivity contribution < 1.29 is 4.79 Å². The molecule has 1 unspecified atom stereocenters. The second kappa shape index (κ2) is 7.44. The van der Waals surface area contributed by atoms with E-state index in [4.69, 9.17) is 0 Å². The lowest BCUT2D eigenvalue weighted by Gasteiger charge is -2.32. The van der Waals surface area contributed by atoms with Crippen LogP contribution in [-0.4, -0.2) is 61.0 Å². The quantitative estimate of drug-likeness (QED) is 0.902. The zero-order valence-corrected chi connectivity index (χ0v) is 14.3. The van der Waals surface area contributed by atoms with Gasteiger partial charge in [0.25, 0.3) is 5.91 Å². The minimum Gasteiger partial charge on any atom is -0.337 e. The normalized spacial score (nSPS) is 22.5.